The van der Waals surface area contributed by atoms with Gasteiger partial charge in [-0.15, -0.1) is 0 Å². The largest absolute Gasteiger partial charge is 0.353 e. The second-order valence-electron chi connectivity index (χ2n) is 9.17. The molecule has 7 heteroatoms. The van der Waals surface area contributed by atoms with E-state index in [1.165, 1.54) is 12.1 Å². The lowest BCUT2D eigenvalue weighted by atomic mass is 9.93. The van der Waals surface area contributed by atoms with Gasteiger partial charge in [0.25, 0.3) is 5.91 Å². The highest BCUT2D eigenvalue weighted by Gasteiger charge is 2.42. The van der Waals surface area contributed by atoms with Crippen LogP contribution in [0.25, 0.3) is 0 Å². The molecule has 33 heavy (non-hydrogen) atoms. The number of carbonyl (C=O) groups is 2. The molecule has 1 saturated heterocycles. The Labute approximate surface area is 194 Å². The predicted molar refractivity (Wildman–Crippen MR) is 126 cm³/mol. The summed E-state index contributed by atoms with van der Waals surface area (Å²) in [6.45, 7) is 3.96. The monoisotopic (exact) mass is 452 g/mol. The molecule has 1 aliphatic heterocycles. The van der Waals surface area contributed by atoms with E-state index in [0.29, 0.717) is 37.7 Å². The third-order valence-electron chi connectivity index (χ3n) is 6.64. The van der Waals surface area contributed by atoms with Crippen LogP contribution in [0.5, 0.6) is 0 Å². The summed E-state index contributed by atoms with van der Waals surface area (Å²) in [5.74, 6) is -0.503. The highest BCUT2D eigenvalue weighted by molar-refractivity contribution is 5.97. The van der Waals surface area contributed by atoms with Crippen molar-refractivity contribution in [2.24, 2.45) is 5.73 Å². The lowest BCUT2D eigenvalue weighted by molar-refractivity contribution is -0.127. The van der Waals surface area contributed by atoms with Crippen LogP contribution in [0.15, 0.2) is 48.5 Å². The van der Waals surface area contributed by atoms with Crippen molar-refractivity contribution in [1.82, 2.24) is 15.1 Å². The van der Waals surface area contributed by atoms with Gasteiger partial charge in [-0.3, -0.25) is 14.5 Å². The first-order valence-electron chi connectivity index (χ1n) is 11.8. The van der Waals surface area contributed by atoms with E-state index in [9.17, 15) is 14.0 Å². The molecular formula is C26H33FN4O2. The summed E-state index contributed by atoms with van der Waals surface area (Å²) in [4.78, 5) is 30.6. The van der Waals surface area contributed by atoms with Crippen LogP contribution >= 0.6 is 0 Å². The Balaban J connectivity index is 1.53. The summed E-state index contributed by atoms with van der Waals surface area (Å²) in [6.07, 6.45) is 3.64. The summed E-state index contributed by atoms with van der Waals surface area (Å²) in [7, 11) is 0. The quantitative estimate of drug-likeness (QED) is 0.646. The summed E-state index contributed by atoms with van der Waals surface area (Å²) in [6, 6.07) is 14.2. The Morgan fingerprint density at radius 3 is 2.39 bits per heavy atom. The first-order chi connectivity index (χ1) is 16.0. The number of aryl methyl sites for hydroxylation is 1. The average Bonchev–Trinajstić information content (AvgIpc) is 3.67. The lowest BCUT2D eigenvalue weighted by Gasteiger charge is -2.43. The molecule has 176 valence electrons. The number of halogens is 1. The standard InChI is InChI=1S/C26H33FN4O2/c1-18-2-6-20(7-3-18)26(33)30-15-12-23(16-24(30)25(32)29-14-13-28)31(22-10-11-22)17-19-4-8-21(27)9-5-19/h2-9,22-24H,10-17,28H2,1H3,(H,29,32)/t23?,24-/m1/s1. The Hall–Kier alpha value is -2.77. The summed E-state index contributed by atoms with van der Waals surface area (Å²) in [5, 5.41) is 2.89. The third-order valence-corrected chi connectivity index (χ3v) is 6.64. The molecule has 6 nitrogen and oxygen atoms in total. The van der Waals surface area contributed by atoms with Gasteiger partial charge in [0, 0.05) is 43.8 Å². The second kappa shape index (κ2) is 10.4. The molecule has 0 spiro atoms. The molecule has 2 aromatic carbocycles. The molecule has 1 aliphatic carbocycles. The van der Waals surface area contributed by atoms with Crippen molar-refractivity contribution in [3.05, 3.63) is 71.0 Å². The molecule has 2 atom stereocenters. The van der Waals surface area contributed by atoms with E-state index in [4.69, 9.17) is 5.73 Å². The van der Waals surface area contributed by atoms with E-state index in [-0.39, 0.29) is 23.7 Å². The van der Waals surface area contributed by atoms with Crippen LogP contribution < -0.4 is 11.1 Å². The van der Waals surface area contributed by atoms with Crippen molar-refractivity contribution in [3.8, 4) is 0 Å². The lowest BCUT2D eigenvalue weighted by Crippen LogP contribution is -2.57. The number of rotatable bonds is 8. The van der Waals surface area contributed by atoms with Gasteiger partial charge in [0.2, 0.25) is 5.91 Å². The van der Waals surface area contributed by atoms with Crippen LogP contribution in [-0.2, 0) is 11.3 Å². The van der Waals surface area contributed by atoms with Gasteiger partial charge in [-0.1, -0.05) is 29.8 Å². The van der Waals surface area contributed by atoms with Crippen molar-refractivity contribution in [2.75, 3.05) is 19.6 Å². The van der Waals surface area contributed by atoms with Gasteiger partial charge in [-0.2, -0.15) is 0 Å². The zero-order valence-electron chi connectivity index (χ0n) is 19.2. The molecule has 2 amide bonds. The van der Waals surface area contributed by atoms with Crippen molar-refractivity contribution < 1.29 is 14.0 Å². The van der Waals surface area contributed by atoms with Crippen molar-refractivity contribution in [3.63, 3.8) is 0 Å². The minimum atomic E-state index is -0.543. The van der Waals surface area contributed by atoms with Gasteiger partial charge in [0.15, 0.2) is 0 Å². The summed E-state index contributed by atoms with van der Waals surface area (Å²) < 4.78 is 13.4. The number of piperidine rings is 1. The van der Waals surface area contributed by atoms with Gasteiger partial charge in [0.1, 0.15) is 11.9 Å². The zero-order chi connectivity index (χ0) is 23.4. The molecule has 4 rings (SSSR count). The maximum Gasteiger partial charge on any atom is 0.254 e. The van der Waals surface area contributed by atoms with Crippen molar-refractivity contribution in [2.45, 2.75) is 57.3 Å². The number of hydrogen-bond acceptors (Lipinski definition) is 4. The maximum atomic E-state index is 13.4. The maximum absolute atomic E-state index is 13.4. The minimum absolute atomic E-state index is 0.113. The van der Waals surface area contributed by atoms with E-state index in [1.54, 1.807) is 4.90 Å². The number of hydrogen-bond donors (Lipinski definition) is 2. The highest BCUT2D eigenvalue weighted by Crippen LogP contribution is 2.35. The van der Waals surface area contributed by atoms with Crippen molar-refractivity contribution >= 4 is 11.8 Å². The topological polar surface area (TPSA) is 78.7 Å². The Morgan fingerprint density at radius 2 is 1.76 bits per heavy atom. The number of nitrogens with one attached hydrogen (secondary N) is 1. The molecule has 1 unspecified atom stereocenters. The Kier molecular flexibility index (Phi) is 7.40. The SMILES string of the molecule is Cc1ccc(C(=O)N2CCC(N(Cc3ccc(F)cc3)C3CC3)C[C@@H]2C(=O)NCCN)cc1. The predicted octanol–water partition coefficient (Wildman–Crippen LogP) is 2.85. The van der Waals surface area contributed by atoms with E-state index in [2.05, 4.69) is 10.2 Å². The molecule has 0 bridgehead atoms. The first kappa shape index (κ1) is 23.4. The molecule has 2 aromatic rings. The first-order valence-corrected chi connectivity index (χ1v) is 11.8. The van der Waals surface area contributed by atoms with E-state index in [0.717, 1.165) is 36.9 Å². The molecule has 1 saturated carbocycles. The molecule has 1 heterocycles. The second-order valence-corrected chi connectivity index (χ2v) is 9.17. The van der Waals surface area contributed by atoms with Gasteiger partial charge >= 0.3 is 0 Å². The fourth-order valence-corrected chi connectivity index (χ4v) is 4.68. The molecule has 2 fully saturated rings. The van der Waals surface area contributed by atoms with Crippen LogP contribution in [0, 0.1) is 12.7 Å². The van der Waals surface area contributed by atoms with Gasteiger partial charge in [-0.05, 0) is 62.4 Å². The minimum Gasteiger partial charge on any atom is -0.353 e. The Morgan fingerprint density at radius 1 is 1.06 bits per heavy atom. The fraction of sp³-hybridized carbons (Fsp3) is 0.462. The molecule has 2 aliphatic rings. The van der Waals surface area contributed by atoms with Crippen LogP contribution in [-0.4, -0.2) is 59.4 Å². The average molecular weight is 453 g/mol. The van der Waals surface area contributed by atoms with Gasteiger partial charge in [-0.25, -0.2) is 4.39 Å². The third kappa shape index (κ3) is 5.78. The summed E-state index contributed by atoms with van der Waals surface area (Å²) >= 11 is 0. The zero-order valence-corrected chi connectivity index (χ0v) is 19.2. The normalized spacial score (nSPS) is 20.7. The number of nitrogens with two attached hydrogens (primary N) is 1. The number of carbonyl (C=O) groups excluding carboxylic acids is 2. The molecular weight excluding hydrogens is 419 g/mol. The molecule has 0 radical (unpaired) electrons. The van der Waals surface area contributed by atoms with Crippen LogP contribution in [0.1, 0.15) is 47.2 Å². The number of likely N-dealkylation sites (tertiary alicyclic amines) is 1. The van der Waals surface area contributed by atoms with Crippen LogP contribution in [0.4, 0.5) is 4.39 Å². The number of benzene rings is 2. The van der Waals surface area contributed by atoms with Crippen molar-refractivity contribution in [1.29, 1.82) is 0 Å². The van der Waals surface area contributed by atoms with Gasteiger partial charge < -0.3 is 16.0 Å². The Bertz CT molecular complexity index is 959. The molecule has 0 aromatic heterocycles. The summed E-state index contributed by atoms with van der Waals surface area (Å²) in [5.41, 5.74) is 8.34. The number of amides is 2. The number of nitrogens with zero attached hydrogens (tertiary/aromatic N) is 2. The van der Waals surface area contributed by atoms with E-state index in [1.807, 2.05) is 43.3 Å². The highest BCUT2D eigenvalue weighted by atomic mass is 19.1. The van der Waals surface area contributed by atoms with E-state index >= 15 is 0 Å². The van der Waals surface area contributed by atoms with E-state index < -0.39 is 6.04 Å². The van der Waals surface area contributed by atoms with Crippen LogP contribution in [0.2, 0.25) is 0 Å². The van der Waals surface area contributed by atoms with Crippen LogP contribution in [0.3, 0.4) is 0 Å². The molecule has 3 N–H and O–H groups in total. The van der Waals surface area contributed by atoms with Gasteiger partial charge in [0.05, 0.1) is 0 Å². The smallest absolute Gasteiger partial charge is 0.254 e. The fourth-order valence-electron chi connectivity index (χ4n) is 4.68.